The molecule has 0 aliphatic carbocycles. The van der Waals surface area contributed by atoms with E-state index in [1.54, 1.807) is 34.5 Å². The van der Waals surface area contributed by atoms with Gasteiger partial charge < -0.3 is 19.9 Å². The quantitative estimate of drug-likeness (QED) is 0.117. The van der Waals surface area contributed by atoms with E-state index in [2.05, 4.69) is 84.6 Å². The summed E-state index contributed by atoms with van der Waals surface area (Å²) in [6, 6.07) is 16.3. The van der Waals surface area contributed by atoms with Crippen molar-refractivity contribution in [1.29, 1.82) is 0 Å². The first-order valence-corrected chi connectivity index (χ1v) is 19.3. The molecule has 3 amide bonds. The summed E-state index contributed by atoms with van der Waals surface area (Å²) < 4.78 is 5.03. The Morgan fingerprint density at radius 1 is 0.720 bits per heavy atom. The summed E-state index contributed by atoms with van der Waals surface area (Å²) in [5.41, 5.74) is 4.40. The van der Waals surface area contributed by atoms with E-state index < -0.39 is 12.1 Å². The third kappa shape index (κ3) is 10.7. The summed E-state index contributed by atoms with van der Waals surface area (Å²) in [7, 11) is 0. The van der Waals surface area contributed by atoms with E-state index in [1.807, 2.05) is 38.1 Å². The molecule has 2 aromatic heterocycles. The number of nitrogens with one attached hydrogen (secondary N) is 1. The van der Waals surface area contributed by atoms with Crippen molar-refractivity contribution in [3.8, 4) is 32.0 Å². The van der Waals surface area contributed by atoms with Gasteiger partial charge >= 0.3 is 6.09 Å². The second kappa shape index (κ2) is 18.8. The molecule has 50 heavy (non-hydrogen) atoms. The topological polar surface area (TPSA) is 105 Å². The second-order valence-electron chi connectivity index (χ2n) is 13.2. The van der Waals surface area contributed by atoms with Crippen LogP contribution in [-0.4, -0.2) is 63.4 Å². The molecule has 4 rings (SSSR count). The SMILES string of the molecule is CCCN(Cc1ncc(-c2ccc(-c3ccc(-c4cnc(CN(CCC)C(=O)C(NC(=O)OCC)C(C)C)s4)cc3)cc2)s1)C(=O)CC(C)C. The lowest BCUT2D eigenvalue weighted by Crippen LogP contribution is -2.51. The van der Waals surface area contributed by atoms with Crippen LogP contribution in [0.4, 0.5) is 4.79 Å². The summed E-state index contributed by atoms with van der Waals surface area (Å²) in [4.78, 5) is 53.5. The van der Waals surface area contributed by atoms with E-state index in [0.717, 1.165) is 61.4 Å². The number of carbonyl (C=O) groups excluding carboxylic acids is 3. The van der Waals surface area contributed by atoms with Gasteiger partial charge in [0.25, 0.3) is 0 Å². The summed E-state index contributed by atoms with van der Waals surface area (Å²) in [5.74, 6) is 0.302. The number of alkyl carbamates (subject to hydrolysis) is 1. The Morgan fingerprint density at radius 2 is 1.18 bits per heavy atom. The van der Waals surface area contributed by atoms with E-state index in [0.29, 0.717) is 32.0 Å². The molecule has 9 nitrogen and oxygen atoms in total. The average Bonchev–Trinajstić information content (AvgIpc) is 3.76. The van der Waals surface area contributed by atoms with Crippen LogP contribution in [0.5, 0.6) is 0 Å². The number of hydrogen-bond acceptors (Lipinski definition) is 8. The van der Waals surface area contributed by atoms with Gasteiger partial charge in [-0.25, -0.2) is 14.8 Å². The molecule has 1 atom stereocenters. The number of nitrogens with zero attached hydrogens (tertiary/aromatic N) is 4. The number of carbonyl (C=O) groups is 3. The fraction of sp³-hybridized carbons (Fsp3) is 0.462. The predicted molar refractivity (Wildman–Crippen MR) is 204 cm³/mol. The van der Waals surface area contributed by atoms with Gasteiger partial charge in [-0.1, -0.05) is 90.1 Å². The second-order valence-corrected chi connectivity index (χ2v) is 15.4. The van der Waals surface area contributed by atoms with Gasteiger partial charge in [0.1, 0.15) is 16.1 Å². The van der Waals surface area contributed by atoms with Crippen LogP contribution in [-0.2, 0) is 27.4 Å². The highest BCUT2D eigenvalue weighted by molar-refractivity contribution is 7.15. The lowest BCUT2D eigenvalue weighted by atomic mass is 10.0. The molecule has 0 aliphatic rings. The number of ether oxygens (including phenoxy) is 1. The summed E-state index contributed by atoms with van der Waals surface area (Å²) >= 11 is 3.21. The third-order valence-electron chi connectivity index (χ3n) is 8.15. The van der Waals surface area contributed by atoms with Crippen molar-refractivity contribution in [1.82, 2.24) is 25.1 Å². The fourth-order valence-electron chi connectivity index (χ4n) is 5.60. The lowest BCUT2D eigenvalue weighted by molar-refractivity contribution is -0.135. The number of benzene rings is 2. The highest BCUT2D eigenvalue weighted by Gasteiger charge is 2.29. The maximum atomic E-state index is 13.5. The van der Waals surface area contributed by atoms with E-state index in [-0.39, 0.29) is 24.3 Å². The largest absolute Gasteiger partial charge is 0.450 e. The number of rotatable bonds is 17. The minimum Gasteiger partial charge on any atom is -0.450 e. The van der Waals surface area contributed by atoms with Crippen LogP contribution in [0.25, 0.3) is 32.0 Å². The molecule has 11 heteroatoms. The molecule has 1 N–H and O–H groups in total. The smallest absolute Gasteiger partial charge is 0.407 e. The lowest BCUT2D eigenvalue weighted by Gasteiger charge is -2.28. The standard InChI is InChI=1S/C39H51N5O4S2/c1-8-19-43(36(45)21-26(4)5)24-34-40-22-32(49-34)30-15-11-28(12-16-30)29-13-17-31(18-14-29)33-23-41-35(50-33)25-44(20-9-2)38(46)37(27(6)7)42-39(47)48-10-3/h11-18,22-23,26-27,37H,8-10,19-21,24-25H2,1-7H3,(H,42,47). The Bertz CT molecular complexity index is 1680. The number of hydrogen-bond donors (Lipinski definition) is 1. The minimum atomic E-state index is -0.672. The van der Waals surface area contributed by atoms with Crippen molar-refractivity contribution in [2.75, 3.05) is 19.7 Å². The molecular formula is C39H51N5O4S2. The van der Waals surface area contributed by atoms with Gasteiger partial charge in [-0.05, 0) is 53.9 Å². The van der Waals surface area contributed by atoms with Crippen LogP contribution in [0.2, 0.25) is 0 Å². The third-order valence-corrected chi connectivity index (χ3v) is 10.2. The van der Waals surface area contributed by atoms with Crippen LogP contribution < -0.4 is 5.32 Å². The van der Waals surface area contributed by atoms with E-state index >= 15 is 0 Å². The van der Waals surface area contributed by atoms with Crippen molar-refractivity contribution < 1.29 is 19.1 Å². The fourth-order valence-corrected chi connectivity index (χ4v) is 7.48. The van der Waals surface area contributed by atoms with Crippen LogP contribution in [0, 0.1) is 11.8 Å². The van der Waals surface area contributed by atoms with Crippen LogP contribution in [0.3, 0.4) is 0 Å². The number of amides is 3. The summed E-state index contributed by atoms with van der Waals surface area (Å²) in [6.07, 6.45) is 5.46. The molecule has 4 aromatic rings. The molecule has 0 radical (unpaired) electrons. The molecule has 2 aromatic carbocycles. The predicted octanol–water partition coefficient (Wildman–Crippen LogP) is 8.89. The zero-order chi connectivity index (χ0) is 36.2. The Labute approximate surface area is 305 Å². The highest BCUT2D eigenvalue weighted by atomic mass is 32.1. The van der Waals surface area contributed by atoms with Crippen LogP contribution in [0.1, 0.15) is 77.7 Å². The van der Waals surface area contributed by atoms with Gasteiger partial charge in [0.05, 0.1) is 29.5 Å². The van der Waals surface area contributed by atoms with Crippen molar-refractivity contribution in [3.05, 3.63) is 70.9 Å². The Balaban J connectivity index is 1.40. The Hall–Kier alpha value is -4.09. The van der Waals surface area contributed by atoms with Crippen molar-refractivity contribution >= 4 is 40.6 Å². The van der Waals surface area contributed by atoms with Crippen molar-refractivity contribution in [2.24, 2.45) is 11.8 Å². The zero-order valence-corrected chi connectivity index (χ0v) is 32.0. The van der Waals surface area contributed by atoms with E-state index in [4.69, 9.17) is 4.74 Å². The van der Waals surface area contributed by atoms with Gasteiger partial charge in [0, 0.05) is 31.9 Å². The molecule has 2 heterocycles. The molecule has 0 spiro atoms. The maximum absolute atomic E-state index is 13.5. The molecule has 1 unspecified atom stereocenters. The van der Waals surface area contributed by atoms with Gasteiger partial charge in [-0.2, -0.15) is 0 Å². The first-order chi connectivity index (χ1) is 24.0. The van der Waals surface area contributed by atoms with Crippen LogP contribution >= 0.6 is 22.7 Å². The van der Waals surface area contributed by atoms with Crippen LogP contribution in [0.15, 0.2) is 60.9 Å². The van der Waals surface area contributed by atoms with Gasteiger partial charge in [-0.15, -0.1) is 22.7 Å². The normalized spacial score (nSPS) is 11.9. The summed E-state index contributed by atoms with van der Waals surface area (Å²) in [5, 5.41) is 4.53. The zero-order valence-electron chi connectivity index (χ0n) is 30.4. The van der Waals surface area contributed by atoms with E-state index in [1.165, 1.54) is 0 Å². The molecule has 0 fully saturated rings. The molecule has 0 bridgehead atoms. The van der Waals surface area contributed by atoms with E-state index in [9.17, 15) is 14.4 Å². The molecule has 0 saturated carbocycles. The molecule has 0 aliphatic heterocycles. The van der Waals surface area contributed by atoms with Crippen molar-refractivity contribution in [3.63, 3.8) is 0 Å². The van der Waals surface area contributed by atoms with Gasteiger partial charge in [0.2, 0.25) is 11.8 Å². The van der Waals surface area contributed by atoms with Crippen molar-refractivity contribution in [2.45, 2.75) is 86.9 Å². The first kappa shape index (κ1) is 38.7. The highest BCUT2D eigenvalue weighted by Crippen LogP contribution is 2.32. The first-order valence-electron chi connectivity index (χ1n) is 17.6. The molecule has 268 valence electrons. The maximum Gasteiger partial charge on any atom is 0.407 e. The van der Waals surface area contributed by atoms with Gasteiger partial charge in [0.15, 0.2) is 0 Å². The Kier molecular flexibility index (Phi) is 14.5. The minimum absolute atomic E-state index is 0.0902. The summed E-state index contributed by atoms with van der Waals surface area (Å²) in [6.45, 7) is 16.3. The number of thiazole rings is 2. The molecular weight excluding hydrogens is 667 g/mol. The Morgan fingerprint density at radius 3 is 1.62 bits per heavy atom. The number of aromatic nitrogens is 2. The monoisotopic (exact) mass is 717 g/mol. The average molecular weight is 718 g/mol. The molecule has 0 saturated heterocycles. The van der Waals surface area contributed by atoms with Gasteiger partial charge in [-0.3, -0.25) is 9.59 Å².